The molecular formula is C24H19NO3. The minimum absolute atomic E-state index is 0.373. The average molecular weight is 369 g/mol. The van der Waals surface area contributed by atoms with Crippen LogP contribution in [0, 0.1) is 0 Å². The number of aromatic nitrogens is 1. The van der Waals surface area contributed by atoms with Gasteiger partial charge in [-0.15, -0.1) is 0 Å². The molecule has 0 amide bonds. The molecule has 1 unspecified atom stereocenters. The van der Waals surface area contributed by atoms with E-state index in [-0.39, 0.29) is 5.97 Å². The molecule has 0 aliphatic rings. The number of methoxy groups -OCH3 is 1. The number of ether oxygens (including phenoxy) is 1. The Morgan fingerprint density at radius 2 is 1.57 bits per heavy atom. The predicted molar refractivity (Wildman–Crippen MR) is 108 cm³/mol. The van der Waals surface area contributed by atoms with Gasteiger partial charge in [0.05, 0.1) is 12.7 Å². The van der Waals surface area contributed by atoms with Crippen molar-refractivity contribution < 1.29 is 14.6 Å². The Hall–Kier alpha value is -3.50. The van der Waals surface area contributed by atoms with Gasteiger partial charge in [0.25, 0.3) is 0 Å². The molecule has 0 bridgehead atoms. The van der Waals surface area contributed by atoms with Crippen molar-refractivity contribution in [1.82, 2.24) is 4.98 Å². The number of benzene rings is 3. The third-order valence-corrected chi connectivity index (χ3v) is 4.95. The number of esters is 1. The van der Waals surface area contributed by atoms with Gasteiger partial charge in [-0.1, -0.05) is 54.6 Å². The molecule has 0 radical (unpaired) electrons. The van der Waals surface area contributed by atoms with E-state index < -0.39 is 5.60 Å². The standard InChI is InChI=1S/C24H19NO3/c1-28-23(26)19-10-9-18-15-21(12-11-17(18)14-19)24(27,20-6-3-2-4-7-20)22-8-5-13-25-16-22/h2-16,27H,1H3. The van der Waals surface area contributed by atoms with E-state index in [0.29, 0.717) is 11.1 Å². The lowest BCUT2D eigenvalue weighted by Gasteiger charge is -2.30. The van der Waals surface area contributed by atoms with Crippen molar-refractivity contribution in [3.63, 3.8) is 0 Å². The highest BCUT2D eigenvalue weighted by Gasteiger charge is 2.34. The molecule has 1 atom stereocenters. The van der Waals surface area contributed by atoms with Crippen LogP contribution in [0.5, 0.6) is 0 Å². The third kappa shape index (κ3) is 3.04. The summed E-state index contributed by atoms with van der Waals surface area (Å²) in [5.41, 5.74) is 1.32. The number of aliphatic hydroxyl groups is 1. The molecule has 0 saturated carbocycles. The second-order valence-corrected chi connectivity index (χ2v) is 6.59. The molecule has 0 fully saturated rings. The first kappa shape index (κ1) is 17.9. The number of carbonyl (C=O) groups is 1. The number of hydrogen-bond donors (Lipinski definition) is 1. The van der Waals surface area contributed by atoms with E-state index in [1.807, 2.05) is 66.7 Å². The van der Waals surface area contributed by atoms with Gasteiger partial charge in [0, 0.05) is 18.0 Å². The van der Waals surface area contributed by atoms with Crippen molar-refractivity contribution >= 4 is 16.7 Å². The van der Waals surface area contributed by atoms with E-state index in [1.54, 1.807) is 24.5 Å². The van der Waals surface area contributed by atoms with Gasteiger partial charge in [-0.05, 0) is 46.2 Å². The van der Waals surface area contributed by atoms with Gasteiger partial charge in [0.2, 0.25) is 0 Å². The van der Waals surface area contributed by atoms with E-state index in [1.165, 1.54) is 7.11 Å². The lowest BCUT2D eigenvalue weighted by Crippen LogP contribution is -2.29. The summed E-state index contributed by atoms with van der Waals surface area (Å²) < 4.78 is 4.79. The zero-order valence-corrected chi connectivity index (χ0v) is 15.4. The normalized spacial score (nSPS) is 13.1. The van der Waals surface area contributed by atoms with Gasteiger partial charge in [-0.25, -0.2) is 4.79 Å². The fraction of sp³-hybridized carbons (Fsp3) is 0.0833. The lowest BCUT2D eigenvalue weighted by molar-refractivity contribution is 0.0601. The Kier molecular flexibility index (Phi) is 4.63. The predicted octanol–water partition coefficient (Wildman–Crippen LogP) is 4.31. The van der Waals surface area contributed by atoms with Gasteiger partial charge < -0.3 is 9.84 Å². The van der Waals surface area contributed by atoms with Gasteiger partial charge in [-0.3, -0.25) is 4.98 Å². The maximum absolute atomic E-state index is 11.9. The van der Waals surface area contributed by atoms with Crippen molar-refractivity contribution in [3.8, 4) is 0 Å². The van der Waals surface area contributed by atoms with Crippen LogP contribution in [-0.4, -0.2) is 23.2 Å². The summed E-state index contributed by atoms with van der Waals surface area (Å²) in [4.78, 5) is 16.0. The molecule has 0 spiro atoms. The highest BCUT2D eigenvalue weighted by Crippen LogP contribution is 2.37. The summed E-state index contributed by atoms with van der Waals surface area (Å²) in [7, 11) is 1.36. The molecule has 0 aliphatic heterocycles. The van der Waals surface area contributed by atoms with E-state index in [2.05, 4.69) is 4.98 Å². The molecule has 1 N–H and O–H groups in total. The fourth-order valence-electron chi connectivity index (χ4n) is 3.47. The molecular weight excluding hydrogens is 350 g/mol. The highest BCUT2D eigenvalue weighted by atomic mass is 16.5. The third-order valence-electron chi connectivity index (χ3n) is 4.95. The van der Waals surface area contributed by atoms with E-state index >= 15 is 0 Å². The van der Waals surface area contributed by atoms with Crippen molar-refractivity contribution in [2.24, 2.45) is 0 Å². The molecule has 1 heterocycles. The van der Waals surface area contributed by atoms with Gasteiger partial charge >= 0.3 is 5.97 Å². The van der Waals surface area contributed by atoms with Crippen LogP contribution in [0.2, 0.25) is 0 Å². The number of pyridine rings is 1. The number of carbonyl (C=O) groups excluding carboxylic acids is 1. The molecule has 1 aromatic heterocycles. The average Bonchev–Trinajstić information content (AvgIpc) is 2.78. The fourth-order valence-corrected chi connectivity index (χ4v) is 3.47. The van der Waals surface area contributed by atoms with Crippen molar-refractivity contribution in [3.05, 3.63) is 114 Å². The maximum atomic E-state index is 11.9. The molecule has 4 heteroatoms. The molecule has 4 aromatic rings. The highest BCUT2D eigenvalue weighted by molar-refractivity contribution is 5.95. The SMILES string of the molecule is COC(=O)c1ccc2cc(C(O)(c3ccccc3)c3cccnc3)ccc2c1. The quantitative estimate of drug-likeness (QED) is 0.545. The van der Waals surface area contributed by atoms with Crippen LogP contribution < -0.4 is 0 Å². The largest absolute Gasteiger partial charge is 0.465 e. The zero-order valence-electron chi connectivity index (χ0n) is 15.4. The number of hydrogen-bond acceptors (Lipinski definition) is 4. The molecule has 0 aliphatic carbocycles. The number of rotatable bonds is 4. The number of nitrogens with zero attached hydrogens (tertiary/aromatic N) is 1. The molecule has 28 heavy (non-hydrogen) atoms. The minimum atomic E-state index is -1.34. The van der Waals surface area contributed by atoms with Crippen molar-refractivity contribution in [2.75, 3.05) is 7.11 Å². The Morgan fingerprint density at radius 1 is 0.857 bits per heavy atom. The van der Waals surface area contributed by atoms with Crippen LogP contribution >= 0.6 is 0 Å². The number of fused-ring (bicyclic) bond motifs is 1. The second kappa shape index (κ2) is 7.25. The maximum Gasteiger partial charge on any atom is 0.337 e. The van der Waals surface area contributed by atoms with Crippen LogP contribution in [0.15, 0.2) is 91.3 Å². The van der Waals surface area contributed by atoms with Crippen molar-refractivity contribution in [1.29, 1.82) is 0 Å². The minimum Gasteiger partial charge on any atom is -0.465 e. The summed E-state index contributed by atoms with van der Waals surface area (Å²) in [5, 5.41) is 13.7. The van der Waals surface area contributed by atoms with Gasteiger partial charge in [0.1, 0.15) is 5.60 Å². The summed E-state index contributed by atoms with van der Waals surface area (Å²) in [6.45, 7) is 0. The zero-order chi connectivity index (χ0) is 19.6. The Balaban J connectivity index is 1.90. The summed E-state index contributed by atoms with van der Waals surface area (Å²) in [5.74, 6) is -0.373. The molecule has 3 aromatic carbocycles. The van der Waals surface area contributed by atoms with E-state index in [9.17, 15) is 9.90 Å². The summed E-state index contributed by atoms with van der Waals surface area (Å²) in [6, 6.07) is 24.3. The van der Waals surface area contributed by atoms with Gasteiger partial charge in [0.15, 0.2) is 0 Å². The van der Waals surface area contributed by atoms with Crippen molar-refractivity contribution in [2.45, 2.75) is 5.60 Å². The van der Waals surface area contributed by atoms with Crippen LogP contribution in [0.25, 0.3) is 10.8 Å². The first-order chi connectivity index (χ1) is 13.6. The molecule has 4 nitrogen and oxygen atoms in total. The van der Waals surface area contributed by atoms with Crippen LogP contribution in [0.4, 0.5) is 0 Å². The summed E-state index contributed by atoms with van der Waals surface area (Å²) in [6.07, 6.45) is 3.36. The van der Waals surface area contributed by atoms with Crippen LogP contribution in [0.1, 0.15) is 27.0 Å². The van der Waals surface area contributed by atoms with Gasteiger partial charge in [-0.2, -0.15) is 0 Å². The Bertz CT molecular complexity index is 1080. The lowest BCUT2D eigenvalue weighted by atomic mass is 9.80. The molecule has 4 rings (SSSR count). The Morgan fingerprint density at radius 3 is 2.29 bits per heavy atom. The first-order valence-electron chi connectivity index (χ1n) is 8.94. The monoisotopic (exact) mass is 369 g/mol. The van der Waals surface area contributed by atoms with E-state index in [4.69, 9.17) is 4.74 Å². The first-order valence-corrected chi connectivity index (χ1v) is 8.94. The van der Waals surface area contributed by atoms with E-state index in [0.717, 1.165) is 21.9 Å². The topological polar surface area (TPSA) is 59.4 Å². The molecule has 0 saturated heterocycles. The second-order valence-electron chi connectivity index (χ2n) is 6.59. The van der Waals surface area contributed by atoms with Crippen LogP contribution in [-0.2, 0) is 10.3 Å². The Labute approximate surface area is 163 Å². The summed E-state index contributed by atoms with van der Waals surface area (Å²) >= 11 is 0. The smallest absolute Gasteiger partial charge is 0.337 e. The van der Waals surface area contributed by atoms with Crippen LogP contribution in [0.3, 0.4) is 0 Å². The molecule has 138 valence electrons.